The molecule has 1 amide bonds. The van der Waals surface area contributed by atoms with Gasteiger partial charge in [0.1, 0.15) is 24.0 Å². The van der Waals surface area contributed by atoms with Crippen LogP contribution in [0.5, 0.6) is 5.75 Å². The van der Waals surface area contributed by atoms with Gasteiger partial charge in [-0.1, -0.05) is 48.5 Å². The molecule has 12 heteroatoms. The maximum atomic E-state index is 13.8. The molecule has 4 N–H and O–H groups in total. The monoisotopic (exact) mass is 662 g/mol. The van der Waals surface area contributed by atoms with E-state index in [1.165, 1.54) is 7.05 Å². The number of nitrogens with two attached hydrogens (primary N) is 1. The maximum Gasteiger partial charge on any atom is 0.407 e. The zero-order valence-corrected chi connectivity index (χ0v) is 28.4. The Kier molecular flexibility index (Phi) is 9.27. The molecule has 2 aliphatic rings. The Morgan fingerprint density at radius 1 is 1.06 bits per heavy atom. The van der Waals surface area contributed by atoms with Gasteiger partial charge in [-0.05, 0) is 86.4 Å². The molecule has 0 saturated heterocycles. The number of aliphatic imine (C=N–C) groups is 1. The van der Waals surface area contributed by atoms with Crippen LogP contribution in [0.25, 0.3) is 11.1 Å². The number of hydrogen-bond donors (Lipinski definition) is 3. The summed E-state index contributed by atoms with van der Waals surface area (Å²) >= 11 is 0. The second-order valence-corrected chi connectivity index (χ2v) is 14.7. The average molecular weight is 663 g/mol. The van der Waals surface area contributed by atoms with Crippen molar-refractivity contribution in [3.05, 3.63) is 81.9 Å². The quantitative estimate of drug-likeness (QED) is 0.155. The van der Waals surface area contributed by atoms with Gasteiger partial charge >= 0.3 is 12.1 Å². The van der Waals surface area contributed by atoms with Crippen LogP contribution in [0.2, 0.25) is 0 Å². The highest BCUT2D eigenvalue weighted by atomic mass is 32.2. The minimum atomic E-state index is -4.06. The van der Waals surface area contributed by atoms with E-state index >= 15 is 0 Å². The van der Waals surface area contributed by atoms with E-state index in [4.69, 9.17) is 15.2 Å². The Morgan fingerprint density at radius 3 is 2.26 bits per heavy atom. The molecule has 1 aliphatic carbocycles. The fraction of sp³-hybridized carbons (Fsp3) is 0.400. The molecule has 5 rings (SSSR count). The molecular weight excluding hydrogens is 620 g/mol. The summed E-state index contributed by atoms with van der Waals surface area (Å²) in [5.74, 6) is -0.876. The minimum Gasteiger partial charge on any atom is -0.487 e. The van der Waals surface area contributed by atoms with Gasteiger partial charge in [-0.2, -0.15) is 0 Å². The van der Waals surface area contributed by atoms with Gasteiger partial charge < -0.3 is 25.6 Å². The summed E-state index contributed by atoms with van der Waals surface area (Å²) in [6, 6.07) is 14.6. The number of alkyl carbamates (subject to hydrolysis) is 1. The summed E-state index contributed by atoms with van der Waals surface area (Å²) < 4.78 is 40.1. The standard InChI is InChI=1S/C35H42N4O7S/c1-20-21(2)31(22(3)27-18-35(4,5)46-30(20)27)47(43,44)39(6)33(36)37-17-11-16-29(32(40)41)38-34(42)45-19-28-25-14-9-7-12-23(25)24-13-8-10-15-26(24)28/h7-10,12-15,28-29H,11,16-19H2,1-6H3,(H2,36,37)(H,38,42)(H,40,41). The number of rotatable bonds is 10. The van der Waals surface area contributed by atoms with Crippen LogP contribution in [0.4, 0.5) is 4.79 Å². The van der Waals surface area contributed by atoms with Gasteiger partial charge in [-0.3, -0.25) is 4.99 Å². The first-order valence-electron chi connectivity index (χ1n) is 15.6. The van der Waals surface area contributed by atoms with E-state index in [9.17, 15) is 23.1 Å². The van der Waals surface area contributed by atoms with E-state index in [-0.39, 0.29) is 42.8 Å². The summed E-state index contributed by atoms with van der Waals surface area (Å²) in [5.41, 5.74) is 12.8. The van der Waals surface area contributed by atoms with Crippen molar-refractivity contribution < 1.29 is 32.6 Å². The first kappa shape index (κ1) is 33.8. The zero-order valence-electron chi connectivity index (χ0n) is 27.6. The largest absolute Gasteiger partial charge is 0.487 e. The SMILES string of the molecule is Cc1c(C)c(S(=O)(=O)N(C)C(N)=NCCCC(NC(=O)OCC2c3ccccc3-c3ccccc32)C(=O)O)c(C)c2c1OC(C)(C)C2. The molecule has 47 heavy (non-hydrogen) atoms. The van der Waals surface area contributed by atoms with Crippen molar-refractivity contribution in [3.8, 4) is 16.9 Å². The lowest BCUT2D eigenvalue weighted by molar-refractivity contribution is -0.139. The highest BCUT2D eigenvalue weighted by Crippen LogP contribution is 2.45. The van der Waals surface area contributed by atoms with Crippen LogP contribution in [0.15, 0.2) is 58.4 Å². The van der Waals surface area contributed by atoms with Crippen molar-refractivity contribution >= 4 is 28.0 Å². The Morgan fingerprint density at radius 2 is 1.66 bits per heavy atom. The van der Waals surface area contributed by atoms with Gasteiger partial charge in [0.2, 0.25) is 5.96 Å². The van der Waals surface area contributed by atoms with Crippen molar-refractivity contribution in [3.63, 3.8) is 0 Å². The second kappa shape index (κ2) is 12.9. The number of amides is 1. The number of nitrogens with zero attached hydrogens (tertiary/aromatic N) is 2. The minimum absolute atomic E-state index is 0.0325. The van der Waals surface area contributed by atoms with Crippen molar-refractivity contribution in [2.24, 2.45) is 10.7 Å². The summed E-state index contributed by atoms with van der Waals surface area (Å²) in [7, 11) is -2.72. The number of benzene rings is 3. The topological polar surface area (TPSA) is 161 Å². The van der Waals surface area contributed by atoms with Crippen LogP contribution >= 0.6 is 0 Å². The van der Waals surface area contributed by atoms with Crippen molar-refractivity contribution in [1.82, 2.24) is 9.62 Å². The van der Waals surface area contributed by atoms with E-state index in [1.807, 2.05) is 69.3 Å². The molecule has 0 radical (unpaired) electrons. The number of fused-ring (bicyclic) bond motifs is 4. The third-order valence-corrected chi connectivity index (χ3v) is 11.1. The van der Waals surface area contributed by atoms with Crippen LogP contribution in [0.3, 0.4) is 0 Å². The summed E-state index contributed by atoms with van der Waals surface area (Å²) in [5, 5.41) is 12.2. The summed E-state index contributed by atoms with van der Waals surface area (Å²) in [4.78, 5) is 29.0. The van der Waals surface area contributed by atoms with Gasteiger partial charge in [-0.25, -0.2) is 22.3 Å². The lowest BCUT2D eigenvalue weighted by Gasteiger charge is -2.23. The highest BCUT2D eigenvalue weighted by Gasteiger charge is 2.38. The maximum absolute atomic E-state index is 13.8. The molecule has 0 aromatic heterocycles. The van der Waals surface area contributed by atoms with Crippen LogP contribution in [-0.4, -0.2) is 67.7 Å². The molecule has 1 aliphatic heterocycles. The number of carboxylic acids is 1. The van der Waals surface area contributed by atoms with E-state index in [1.54, 1.807) is 13.8 Å². The first-order valence-corrected chi connectivity index (χ1v) is 17.0. The van der Waals surface area contributed by atoms with Crippen LogP contribution in [0.1, 0.15) is 66.0 Å². The summed E-state index contributed by atoms with van der Waals surface area (Å²) in [6.45, 7) is 9.41. The van der Waals surface area contributed by atoms with E-state index < -0.39 is 33.7 Å². The van der Waals surface area contributed by atoms with Crippen molar-refractivity contribution in [2.45, 2.75) is 76.3 Å². The summed E-state index contributed by atoms with van der Waals surface area (Å²) in [6.07, 6.45) is -0.000203. The number of hydrogen-bond acceptors (Lipinski definition) is 7. The van der Waals surface area contributed by atoms with Gasteiger partial charge in [0.25, 0.3) is 10.0 Å². The fourth-order valence-electron chi connectivity index (χ4n) is 6.52. The molecule has 1 heterocycles. The molecule has 0 saturated carbocycles. The molecule has 0 bridgehead atoms. The fourth-order valence-corrected chi connectivity index (χ4v) is 8.15. The number of nitrogens with one attached hydrogen (secondary N) is 1. The second-order valence-electron chi connectivity index (χ2n) is 12.8. The number of carboxylic acid groups (broad SMARTS) is 1. The number of carbonyl (C=O) groups is 2. The lowest BCUT2D eigenvalue weighted by Crippen LogP contribution is -2.41. The number of sulfonamides is 1. The molecule has 1 atom stereocenters. The third kappa shape index (κ3) is 6.51. The van der Waals surface area contributed by atoms with E-state index in [2.05, 4.69) is 10.3 Å². The van der Waals surface area contributed by atoms with Crippen molar-refractivity contribution in [2.75, 3.05) is 20.2 Å². The molecule has 0 fully saturated rings. The smallest absolute Gasteiger partial charge is 0.407 e. The van der Waals surface area contributed by atoms with Gasteiger partial charge in [0.05, 0.1) is 4.90 Å². The Bertz CT molecular complexity index is 1820. The molecule has 250 valence electrons. The van der Waals surface area contributed by atoms with Crippen LogP contribution < -0.4 is 15.8 Å². The predicted octanol–water partition coefficient (Wildman–Crippen LogP) is 5.03. The van der Waals surface area contributed by atoms with E-state index in [0.29, 0.717) is 17.5 Å². The van der Waals surface area contributed by atoms with Crippen LogP contribution in [-0.2, 0) is 26.0 Å². The Hall–Kier alpha value is -4.58. The average Bonchev–Trinajstić information content (AvgIpc) is 3.53. The number of guanidine groups is 1. The molecule has 3 aromatic rings. The number of ether oxygens (including phenoxy) is 2. The molecule has 3 aromatic carbocycles. The first-order chi connectivity index (χ1) is 22.1. The molecule has 1 unspecified atom stereocenters. The Labute approximate surface area is 275 Å². The van der Waals surface area contributed by atoms with Gasteiger partial charge in [-0.15, -0.1) is 0 Å². The molecule has 11 nitrogen and oxygen atoms in total. The third-order valence-electron chi connectivity index (χ3n) is 9.09. The Balaban J connectivity index is 1.18. The molecular formula is C35H42N4O7S. The van der Waals surface area contributed by atoms with E-state index in [0.717, 1.165) is 43.4 Å². The molecule has 0 spiro atoms. The van der Waals surface area contributed by atoms with Gasteiger partial charge in [0, 0.05) is 31.5 Å². The van der Waals surface area contributed by atoms with Crippen molar-refractivity contribution in [1.29, 1.82) is 0 Å². The van der Waals surface area contributed by atoms with Crippen LogP contribution in [0, 0.1) is 20.8 Å². The normalized spacial score (nSPS) is 15.7. The number of carbonyl (C=O) groups excluding carboxylic acids is 1. The van der Waals surface area contributed by atoms with Gasteiger partial charge in [0.15, 0.2) is 0 Å². The predicted molar refractivity (Wildman–Crippen MR) is 179 cm³/mol. The zero-order chi connectivity index (χ0) is 34.3. The number of aliphatic carboxylic acids is 1. The highest BCUT2D eigenvalue weighted by molar-refractivity contribution is 7.89. The lowest BCUT2D eigenvalue weighted by atomic mass is 9.94.